The second-order valence-electron chi connectivity index (χ2n) is 6.69. The number of aromatic nitrogens is 3. The maximum absolute atomic E-state index is 12.8. The number of halogens is 1. The van der Waals surface area contributed by atoms with E-state index < -0.39 is 0 Å². The van der Waals surface area contributed by atoms with Crippen molar-refractivity contribution >= 4 is 28.9 Å². The van der Waals surface area contributed by atoms with E-state index in [0.717, 1.165) is 24.2 Å². The van der Waals surface area contributed by atoms with Crippen LogP contribution in [0.15, 0.2) is 55.1 Å². The molecule has 2 aromatic carbocycles. The third kappa shape index (κ3) is 3.66. The molecule has 0 fully saturated rings. The lowest BCUT2D eigenvalue weighted by molar-refractivity contribution is -0.115. The van der Waals surface area contributed by atoms with E-state index in [9.17, 15) is 4.79 Å². The summed E-state index contributed by atoms with van der Waals surface area (Å²) >= 11 is 6.14. The van der Waals surface area contributed by atoms with Crippen LogP contribution < -0.4 is 10.2 Å². The van der Waals surface area contributed by atoms with Crippen molar-refractivity contribution in [2.45, 2.75) is 25.8 Å². The molecule has 4 rings (SSSR count). The quantitative estimate of drug-likeness (QED) is 0.748. The van der Waals surface area contributed by atoms with E-state index in [2.05, 4.69) is 39.4 Å². The Hall–Kier alpha value is -2.86. The molecule has 6 nitrogen and oxygen atoms in total. The first-order valence-electron chi connectivity index (χ1n) is 8.91. The smallest absolute Gasteiger partial charge is 0.243 e. The van der Waals surface area contributed by atoms with Crippen molar-refractivity contribution in [3.05, 3.63) is 65.7 Å². The minimum absolute atomic E-state index is 0.0952. The summed E-state index contributed by atoms with van der Waals surface area (Å²) in [5.74, 6) is -0.0952. The molecular formula is C20H20ClN5O. The first-order chi connectivity index (χ1) is 13.1. The van der Waals surface area contributed by atoms with Gasteiger partial charge in [-0.3, -0.25) is 4.79 Å². The van der Waals surface area contributed by atoms with Gasteiger partial charge in [0.1, 0.15) is 12.7 Å². The molecule has 27 heavy (non-hydrogen) atoms. The average Bonchev–Trinajstić information content (AvgIpc) is 3.19. The Bertz CT molecular complexity index is 957. The van der Waals surface area contributed by atoms with E-state index in [-0.39, 0.29) is 12.5 Å². The molecule has 1 N–H and O–H groups in total. The molecule has 0 saturated heterocycles. The molecule has 7 heteroatoms. The lowest BCUT2D eigenvalue weighted by Crippen LogP contribution is -2.42. The molecule has 0 bridgehead atoms. The zero-order valence-electron chi connectivity index (χ0n) is 15.0. The van der Waals surface area contributed by atoms with Crippen molar-refractivity contribution in [3.8, 4) is 5.69 Å². The van der Waals surface area contributed by atoms with Gasteiger partial charge >= 0.3 is 0 Å². The van der Waals surface area contributed by atoms with Gasteiger partial charge in [-0.15, -0.1) is 0 Å². The second-order valence-corrected chi connectivity index (χ2v) is 7.13. The topological polar surface area (TPSA) is 63.1 Å². The Morgan fingerprint density at radius 1 is 1.26 bits per heavy atom. The van der Waals surface area contributed by atoms with Gasteiger partial charge < -0.3 is 10.2 Å². The summed E-state index contributed by atoms with van der Waals surface area (Å²) in [5.41, 5.74) is 3.75. The van der Waals surface area contributed by atoms with E-state index >= 15 is 0 Å². The largest absolute Gasteiger partial charge is 0.359 e. The third-order valence-electron chi connectivity index (χ3n) is 4.88. The molecular weight excluding hydrogens is 362 g/mol. The summed E-state index contributed by atoms with van der Waals surface area (Å²) in [6.07, 6.45) is 5.11. The zero-order valence-corrected chi connectivity index (χ0v) is 15.7. The summed E-state index contributed by atoms with van der Waals surface area (Å²) in [7, 11) is 0. The van der Waals surface area contributed by atoms with Crippen LogP contribution in [-0.4, -0.2) is 33.3 Å². The second kappa shape index (κ2) is 7.40. The lowest BCUT2D eigenvalue weighted by atomic mass is 9.96. The van der Waals surface area contributed by atoms with Crippen LogP contribution in [0.4, 0.5) is 11.4 Å². The highest BCUT2D eigenvalue weighted by molar-refractivity contribution is 6.31. The zero-order chi connectivity index (χ0) is 18.8. The van der Waals surface area contributed by atoms with Crippen LogP contribution in [-0.2, 0) is 11.2 Å². The van der Waals surface area contributed by atoms with Gasteiger partial charge in [-0.1, -0.05) is 29.8 Å². The minimum Gasteiger partial charge on any atom is -0.359 e. The number of benzene rings is 2. The van der Waals surface area contributed by atoms with Crippen LogP contribution >= 0.6 is 11.6 Å². The van der Waals surface area contributed by atoms with Crippen LogP contribution in [0, 0.1) is 0 Å². The molecule has 3 aromatic rings. The van der Waals surface area contributed by atoms with Crippen molar-refractivity contribution in [3.63, 3.8) is 0 Å². The van der Waals surface area contributed by atoms with Crippen molar-refractivity contribution in [1.29, 1.82) is 0 Å². The summed E-state index contributed by atoms with van der Waals surface area (Å²) in [6, 6.07) is 13.9. The van der Waals surface area contributed by atoms with E-state index in [1.807, 2.05) is 18.2 Å². The maximum atomic E-state index is 12.8. The molecule has 138 valence electrons. The highest BCUT2D eigenvalue weighted by Crippen LogP contribution is 2.30. The number of nitrogens with one attached hydrogen (secondary N) is 1. The molecule has 1 amide bonds. The molecule has 0 saturated carbocycles. The fraction of sp³-hybridized carbons (Fsp3) is 0.250. The standard InChI is InChI=1S/C20H20ClN5O/c1-14-6-7-15-4-2-3-5-18(15)25(14)11-20(27)24-17-10-16(21)8-9-19(17)26-13-22-12-23-26/h2-5,8-10,12-14H,6-7,11H2,1H3,(H,24,27)/t14-/m0/s1. The van der Waals surface area contributed by atoms with E-state index in [0.29, 0.717) is 16.8 Å². The Morgan fingerprint density at radius 2 is 2.11 bits per heavy atom. The molecule has 2 heterocycles. The molecule has 1 atom stereocenters. The number of nitrogens with zero attached hydrogens (tertiary/aromatic N) is 4. The van der Waals surface area contributed by atoms with Crippen LogP contribution in [0.2, 0.25) is 5.02 Å². The maximum Gasteiger partial charge on any atom is 0.243 e. The number of aryl methyl sites for hydroxylation is 1. The molecule has 0 aliphatic carbocycles. The van der Waals surface area contributed by atoms with Crippen LogP contribution in [0.25, 0.3) is 5.69 Å². The lowest BCUT2D eigenvalue weighted by Gasteiger charge is -2.36. The Labute approximate surface area is 162 Å². The molecule has 1 aromatic heterocycles. The van der Waals surface area contributed by atoms with Crippen molar-refractivity contribution in [1.82, 2.24) is 14.8 Å². The summed E-state index contributed by atoms with van der Waals surface area (Å²) in [6.45, 7) is 2.44. The Kier molecular flexibility index (Phi) is 4.81. The first kappa shape index (κ1) is 17.5. The van der Waals surface area contributed by atoms with Gasteiger partial charge in [-0.2, -0.15) is 5.10 Å². The number of carbonyl (C=O) groups is 1. The van der Waals surface area contributed by atoms with Gasteiger partial charge in [0.15, 0.2) is 0 Å². The summed E-state index contributed by atoms with van der Waals surface area (Å²) in [5, 5.41) is 7.67. The fourth-order valence-corrected chi connectivity index (χ4v) is 3.66. The van der Waals surface area contributed by atoms with Crippen molar-refractivity contribution in [2.24, 2.45) is 0 Å². The predicted molar refractivity (Wildman–Crippen MR) is 107 cm³/mol. The van der Waals surface area contributed by atoms with Crippen molar-refractivity contribution < 1.29 is 4.79 Å². The first-order valence-corrected chi connectivity index (χ1v) is 9.28. The number of hydrogen-bond acceptors (Lipinski definition) is 4. The van der Waals surface area contributed by atoms with Gasteiger partial charge in [0.25, 0.3) is 0 Å². The Morgan fingerprint density at radius 3 is 2.93 bits per heavy atom. The molecule has 0 radical (unpaired) electrons. The molecule has 0 spiro atoms. The van der Waals surface area contributed by atoms with Crippen molar-refractivity contribution in [2.75, 3.05) is 16.8 Å². The van der Waals surface area contributed by atoms with Gasteiger partial charge in [0.05, 0.1) is 17.9 Å². The van der Waals surface area contributed by atoms with E-state index in [4.69, 9.17) is 11.6 Å². The summed E-state index contributed by atoms with van der Waals surface area (Å²) in [4.78, 5) is 19.0. The normalized spacial score (nSPS) is 16.1. The van der Waals surface area contributed by atoms with Gasteiger partial charge in [0, 0.05) is 16.8 Å². The number of rotatable bonds is 4. The molecule has 0 unspecified atom stereocenters. The number of hydrogen-bond donors (Lipinski definition) is 1. The fourth-order valence-electron chi connectivity index (χ4n) is 3.49. The van der Waals surface area contributed by atoms with Gasteiger partial charge in [0.2, 0.25) is 5.91 Å². The highest BCUT2D eigenvalue weighted by Gasteiger charge is 2.24. The van der Waals surface area contributed by atoms with Gasteiger partial charge in [-0.05, 0) is 49.6 Å². The number of amides is 1. The van der Waals surface area contributed by atoms with Gasteiger partial charge in [-0.25, -0.2) is 9.67 Å². The van der Waals surface area contributed by atoms with Crippen LogP contribution in [0.1, 0.15) is 18.9 Å². The number of para-hydroxylation sites is 1. The molecule has 1 aliphatic heterocycles. The number of fused-ring (bicyclic) bond motifs is 1. The highest BCUT2D eigenvalue weighted by atomic mass is 35.5. The number of anilines is 2. The van der Waals surface area contributed by atoms with E-state index in [1.54, 1.807) is 23.1 Å². The van der Waals surface area contributed by atoms with Crippen LogP contribution in [0.3, 0.4) is 0 Å². The third-order valence-corrected chi connectivity index (χ3v) is 5.11. The van der Waals surface area contributed by atoms with Crippen LogP contribution in [0.5, 0.6) is 0 Å². The monoisotopic (exact) mass is 381 g/mol. The van der Waals surface area contributed by atoms with E-state index in [1.165, 1.54) is 11.9 Å². The predicted octanol–water partition coefficient (Wildman–Crippen LogP) is 3.70. The number of carbonyl (C=O) groups excluding carboxylic acids is 1. The average molecular weight is 382 g/mol. The summed E-state index contributed by atoms with van der Waals surface area (Å²) < 4.78 is 1.60. The Balaban J connectivity index is 1.57. The molecule has 1 aliphatic rings. The SMILES string of the molecule is C[C@H]1CCc2ccccc2N1CC(=O)Nc1cc(Cl)ccc1-n1cncn1. The minimum atomic E-state index is -0.0952.